The SMILES string of the molecule is CCN1CCC(COc2ccc(-c3cc4c(N5CCN(C(=O)C6CC6)CC5)ccnn4c3)cc2)C1. The van der Waals surface area contributed by atoms with E-state index in [-0.39, 0.29) is 0 Å². The molecule has 0 N–H and O–H groups in total. The molecule has 1 amide bonds. The number of nitrogens with zero attached hydrogens (tertiary/aromatic N) is 5. The van der Waals surface area contributed by atoms with Gasteiger partial charge in [-0.25, -0.2) is 4.52 Å². The van der Waals surface area contributed by atoms with Crippen LogP contribution in [0.25, 0.3) is 16.6 Å². The second kappa shape index (κ2) is 9.53. The average molecular weight is 474 g/mol. The predicted octanol–water partition coefficient (Wildman–Crippen LogP) is 3.78. The highest BCUT2D eigenvalue weighted by molar-refractivity contribution is 5.82. The van der Waals surface area contributed by atoms with Crippen LogP contribution in [-0.4, -0.2) is 77.7 Å². The van der Waals surface area contributed by atoms with Crippen molar-refractivity contribution in [2.45, 2.75) is 26.2 Å². The van der Waals surface area contributed by atoms with Gasteiger partial charge in [0.15, 0.2) is 0 Å². The lowest BCUT2D eigenvalue weighted by molar-refractivity contribution is -0.132. The first-order valence-electron chi connectivity index (χ1n) is 13.1. The number of amides is 1. The molecule has 6 rings (SSSR count). The zero-order valence-electron chi connectivity index (χ0n) is 20.6. The Bertz CT molecular complexity index is 1180. The van der Waals surface area contributed by atoms with E-state index in [1.54, 1.807) is 0 Å². The van der Waals surface area contributed by atoms with Crippen LogP contribution >= 0.6 is 0 Å². The Labute approximate surface area is 207 Å². The summed E-state index contributed by atoms with van der Waals surface area (Å²) in [6.45, 7) is 9.81. The highest BCUT2D eigenvalue weighted by atomic mass is 16.5. The zero-order chi connectivity index (χ0) is 23.8. The van der Waals surface area contributed by atoms with Gasteiger partial charge < -0.3 is 19.4 Å². The molecule has 0 radical (unpaired) electrons. The third-order valence-corrected chi connectivity index (χ3v) is 7.84. The van der Waals surface area contributed by atoms with Crippen LogP contribution in [0, 0.1) is 11.8 Å². The van der Waals surface area contributed by atoms with Gasteiger partial charge in [-0.05, 0) is 62.2 Å². The molecule has 2 saturated heterocycles. The average Bonchev–Trinajstić information content (AvgIpc) is 3.49. The Kier molecular flexibility index (Phi) is 6.10. The van der Waals surface area contributed by atoms with E-state index < -0.39 is 0 Å². The third-order valence-electron chi connectivity index (χ3n) is 7.84. The van der Waals surface area contributed by atoms with Crippen molar-refractivity contribution in [2.75, 3.05) is 57.3 Å². The Balaban J connectivity index is 1.12. The van der Waals surface area contributed by atoms with Crippen LogP contribution in [0.15, 0.2) is 48.8 Å². The molecule has 2 aliphatic heterocycles. The fraction of sp³-hybridized carbons (Fsp3) is 0.500. The van der Waals surface area contributed by atoms with E-state index >= 15 is 0 Å². The van der Waals surface area contributed by atoms with E-state index in [0.29, 0.717) is 17.7 Å². The largest absolute Gasteiger partial charge is 0.493 e. The molecule has 7 nitrogen and oxygen atoms in total. The minimum absolute atomic E-state index is 0.299. The van der Waals surface area contributed by atoms with Crippen LogP contribution in [0.5, 0.6) is 5.75 Å². The van der Waals surface area contributed by atoms with Gasteiger partial charge in [-0.15, -0.1) is 0 Å². The molecular formula is C28H35N5O2. The maximum Gasteiger partial charge on any atom is 0.225 e. The fourth-order valence-electron chi connectivity index (χ4n) is 5.48. The molecule has 4 heterocycles. The van der Waals surface area contributed by atoms with Gasteiger partial charge in [0.2, 0.25) is 5.91 Å². The van der Waals surface area contributed by atoms with E-state index in [2.05, 4.69) is 64.4 Å². The first-order chi connectivity index (χ1) is 17.2. The normalized spacial score (nSPS) is 21.1. The number of carbonyl (C=O) groups excluding carboxylic acids is 1. The molecule has 1 aliphatic carbocycles. The summed E-state index contributed by atoms with van der Waals surface area (Å²) in [5.41, 5.74) is 4.59. The van der Waals surface area contributed by atoms with Crippen molar-refractivity contribution in [2.24, 2.45) is 11.8 Å². The molecule has 3 fully saturated rings. The topological polar surface area (TPSA) is 53.3 Å². The minimum atomic E-state index is 0.299. The molecule has 35 heavy (non-hydrogen) atoms. The molecule has 7 heteroatoms. The summed E-state index contributed by atoms with van der Waals surface area (Å²) in [6, 6.07) is 12.7. The van der Waals surface area contributed by atoms with Crippen LogP contribution in [0.3, 0.4) is 0 Å². The monoisotopic (exact) mass is 473 g/mol. The molecule has 1 aromatic carbocycles. The summed E-state index contributed by atoms with van der Waals surface area (Å²) in [5, 5.41) is 4.56. The molecule has 1 unspecified atom stereocenters. The van der Waals surface area contributed by atoms with Crippen molar-refractivity contribution in [1.82, 2.24) is 19.4 Å². The number of rotatable bonds is 7. The number of fused-ring (bicyclic) bond motifs is 1. The molecule has 2 aromatic heterocycles. The van der Waals surface area contributed by atoms with E-state index in [0.717, 1.165) is 81.1 Å². The molecule has 3 aromatic rings. The molecular weight excluding hydrogens is 438 g/mol. The Hall–Kier alpha value is -3.06. The quantitative estimate of drug-likeness (QED) is 0.523. The van der Waals surface area contributed by atoms with Crippen LogP contribution < -0.4 is 9.64 Å². The van der Waals surface area contributed by atoms with Crippen molar-refractivity contribution >= 4 is 17.1 Å². The van der Waals surface area contributed by atoms with Crippen molar-refractivity contribution in [3.8, 4) is 16.9 Å². The number of hydrogen-bond acceptors (Lipinski definition) is 5. The molecule has 0 bridgehead atoms. The number of anilines is 1. The molecule has 1 atom stereocenters. The molecule has 1 saturated carbocycles. The van der Waals surface area contributed by atoms with Gasteiger partial charge in [0.05, 0.1) is 17.8 Å². The van der Waals surface area contributed by atoms with E-state index in [9.17, 15) is 4.79 Å². The van der Waals surface area contributed by atoms with Crippen LogP contribution in [0.2, 0.25) is 0 Å². The first kappa shape index (κ1) is 22.4. The van der Waals surface area contributed by atoms with Crippen molar-refractivity contribution in [1.29, 1.82) is 0 Å². The Morgan fingerprint density at radius 1 is 1.00 bits per heavy atom. The van der Waals surface area contributed by atoms with Crippen molar-refractivity contribution < 1.29 is 9.53 Å². The summed E-state index contributed by atoms with van der Waals surface area (Å²) in [5.74, 6) is 2.22. The van der Waals surface area contributed by atoms with E-state index in [4.69, 9.17) is 4.74 Å². The molecule has 3 aliphatic rings. The number of hydrogen-bond donors (Lipinski definition) is 0. The van der Waals surface area contributed by atoms with E-state index in [1.807, 2.05) is 15.6 Å². The number of piperazine rings is 1. The van der Waals surface area contributed by atoms with Gasteiger partial charge in [0.1, 0.15) is 5.75 Å². The van der Waals surface area contributed by atoms with Gasteiger partial charge in [-0.1, -0.05) is 19.1 Å². The third kappa shape index (κ3) is 4.74. The molecule has 0 spiro atoms. The number of ether oxygens (including phenoxy) is 1. The van der Waals surface area contributed by atoms with Crippen LogP contribution in [0.4, 0.5) is 5.69 Å². The highest BCUT2D eigenvalue weighted by Gasteiger charge is 2.34. The summed E-state index contributed by atoms with van der Waals surface area (Å²) in [6.07, 6.45) is 7.34. The second-order valence-electron chi connectivity index (χ2n) is 10.2. The summed E-state index contributed by atoms with van der Waals surface area (Å²) >= 11 is 0. The maximum atomic E-state index is 12.4. The van der Waals surface area contributed by atoms with Gasteiger partial charge >= 0.3 is 0 Å². The summed E-state index contributed by atoms with van der Waals surface area (Å²) in [7, 11) is 0. The standard InChI is InChI=1S/C28H35N5O2/c1-2-30-12-10-21(18-30)20-35-25-7-5-22(6-8-25)24-17-27-26(9-11-29-33(27)19-24)31-13-15-32(16-14-31)28(34)23-3-4-23/h5-9,11,17,19,21,23H,2-4,10,12-16,18,20H2,1H3. The number of likely N-dealkylation sites (tertiary alicyclic amines) is 1. The minimum Gasteiger partial charge on any atom is -0.493 e. The Morgan fingerprint density at radius 2 is 1.80 bits per heavy atom. The molecule has 184 valence electrons. The van der Waals surface area contributed by atoms with Gasteiger partial charge in [-0.3, -0.25) is 4.79 Å². The fourth-order valence-corrected chi connectivity index (χ4v) is 5.48. The highest BCUT2D eigenvalue weighted by Crippen LogP contribution is 2.33. The number of benzene rings is 1. The first-order valence-corrected chi connectivity index (χ1v) is 13.1. The lowest BCUT2D eigenvalue weighted by Crippen LogP contribution is -2.49. The van der Waals surface area contributed by atoms with Crippen molar-refractivity contribution in [3.63, 3.8) is 0 Å². The van der Waals surface area contributed by atoms with E-state index in [1.165, 1.54) is 18.7 Å². The van der Waals surface area contributed by atoms with Gasteiger partial charge in [0.25, 0.3) is 0 Å². The second-order valence-corrected chi connectivity index (χ2v) is 10.2. The summed E-state index contributed by atoms with van der Waals surface area (Å²) < 4.78 is 8.06. The van der Waals surface area contributed by atoms with Crippen molar-refractivity contribution in [3.05, 3.63) is 48.8 Å². The predicted molar refractivity (Wildman–Crippen MR) is 138 cm³/mol. The smallest absolute Gasteiger partial charge is 0.225 e. The zero-order valence-corrected chi connectivity index (χ0v) is 20.6. The number of aromatic nitrogens is 2. The maximum absolute atomic E-state index is 12.4. The number of carbonyl (C=O) groups is 1. The van der Waals surface area contributed by atoms with Crippen LogP contribution in [0.1, 0.15) is 26.2 Å². The van der Waals surface area contributed by atoms with Gasteiger partial charge in [0, 0.05) is 62.5 Å². The Morgan fingerprint density at radius 3 is 2.51 bits per heavy atom. The summed E-state index contributed by atoms with van der Waals surface area (Å²) in [4.78, 5) is 19.3. The van der Waals surface area contributed by atoms with Crippen LogP contribution in [-0.2, 0) is 4.79 Å². The van der Waals surface area contributed by atoms with Gasteiger partial charge in [-0.2, -0.15) is 5.10 Å². The lowest BCUT2D eigenvalue weighted by atomic mass is 10.1. The lowest BCUT2D eigenvalue weighted by Gasteiger charge is -2.36.